The molecule has 4 rings (SSSR count). The number of carbonyl (C=O) groups excluding carboxylic acids is 3. The fourth-order valence-electron chi connectivity index (χ4n) is 3.71. The van der Waals surface area contributed by atoms with Gasteiger partial charge in [0.05, 0.1) is 31.2 Å². The van der Waals surface area contributed by atoms with E-state index < -0.39 is 17.1 Å². The number of methoxy groups -OCH3 is 1. The Hall–Kier alpha value is -4.84. The zero-order valence-corrected chi connectivity index (χ0v) is 22.4. The van der Waals surface area contributed by atoms with Gasteiger partial charge in [-0.3, -0.25) is 14.5 Å². The van der Waals surface area contributed by atoms with E-state index >= 15 is 0 Å². The number of anilines is 2. The van der Waals surface area contributed by atoms with Crippen LogP contribution in [0.2, 0.25) is 0 Å². The van der Waals surface area contributed by atoms with Gasteiger partial charge in [0.2, 0.25) is 11.8 Å². The van der Waals surface area contributed by atoms with Crippen LogP contribution in [0.3, 0.4) is 0 Å². The van der Waals surface area contributed by atoms with Crippen molar-refractivity contribution in [2.75, 3.05) is 23.9 Å². The van der Waals surface area contributed by atoms with E-state index in [1.807, 2.05) is 0 Å². The molecule has 1 unspecified atom stereocenters. The molecule has 3 aromatic rings. The standard InChI is InChI=1S/C28H26N4O7S/c1-3-39-27(37)18-5-7-19(8-6-18)30-25(35)15-24-26(36)32(20-9-11-21(33)12-10-20)28(40-24)31-29-16-17-4-13-22(34)23(14-17)38-2/h4-14,16,24,33-34H,3,15H2,1-2H3,(H,30,35). The molecule has 206 valence electrons. The molecule has 3 N–H and O–H groups in total. The SMILES string of the molecule is CCOC(=O)c1ccc(NC(=O)CC2SC(=NN=Cc3ccc(O)c(OC)c3)N(c3ccc(O)cc3)C2=O)cc1. The molecular formula is C28H26N4O7S. The third-order valence-corrected chi connectivity index (χ3v) is 6.77. The first kappa shape index (κ1) is 28.2. The van der Waals surface area contributed by atoms with Crippen molar-refractivity contribution in [1.82, 2.24) is 0 Å². The quantitative estimate of drug-likeness (QED) is 0.200. The monoisotopic (exact) mass is 562 g/mol. The molecule has 1 saturated heterocycles. The van der Waals surface area contributed by atoms with E-state index in [-0.39, 0.29) is 41.4 Å². The second kappa shape index (κ2) is 12.8. The van der Waals surface area contributed by atoms with Crippen molar-refractivity contribution < 1.29 is 34.1 Å². The molecule has 0 aliphatic carbocycles. The number of esters is 1. The van der Waals surface area contributed by atoms with Crippen LogP contribution in [0.15, 0.2) is 76.9 Å². The highest BCUT2D eigenvalue weighted by Gasteiger charge is 2.40. The van der Waals surface area contributed by atoms with Gasteiger partial charge in [-0.25, -0.2) is 4.79 Å². The van der Waals surface area contributed by atoms with Gasteiger partial charge in [-0.05, 0) is 79.2 Å². The average Bonchev–Trinajstić information content (AvgIpc) is 3.24. The average molecular weight is 563 g/mol. The number of amides is 2. The van der Waals surface area contributed by atoms with Crippen molar-refractivity contribution >= 4 is 52.3 Å². The summed E-state index contributed by atoms with van der Waals surface area (Å²) in [6.45, 7) is 1.97. The Bertz CT molecular complexity index is 1460. The number of nitrogens with one attached hydrogen (secondary N) is 1. The van der Waals surface area contributed by atoms with E-state index in [0.717, 1.165) is 11.8 Å². The first-order valence-electron chi connectivity index (χ1n) is 12.1. The number of carbonyl (C=O) groups is 3. The highest BCUT2D eigenvalue weighted by Crippen LogP contribution is 2.35. The first-order valence-corrected chi connectivity index (χ1v) is 13.0. The Morgan fingerprint density at radius 1 is 1.07 bits per heavy atom. The van der Waals surface area contributed by atoms with Crippen molar-refractivity contribution in [3.63, 3.8) is 0 Å². The lowest BCUT2D eigenvalue weighted by Gasteiger charge is -2.16. The Morgan fingerprint density at radius 3 is 2.48 bits per heavy atom. The smallest absolute Gasteiger partial charge is 0.338 e. The van der Waals surface area contributed by atoms with Gasteiger partial charge >= 0.3 is 5.97 Å². The molecule has 2 amide bonds. The molecule has 12 heteroatoms. The van der Waals surface area contributed by atoms with Crippen LogP contribution >= 0.6 is 11.8 Å². The number of thioether (sulfide) groups is 1. The zero-order valence-electron chi connectivity index (χ0n) is 21.6. The van der Waals surface area contributed by atoms with Crippen LogP contribution in [0.25, 0.3) is 0 Å². The molecule has 1 fully saturated rings. The molecule has 0 aromatic heterocycles. The lowest BCUT2D eigenvalue weighted by molar-refractivity contribution is -0.121. The maximum absolute atomic E-state index is 13.4. The normalized spacial score (nSPS) is 15.9. The number of hydrogen-bond acceptors (Lipinski definition) is 10. The molecule has 40 heavy (non-hydrogen) atoms. The van der Waals surface area contributed by atoms with E-state index in [1.165, 1.54) is 36.4 Å². The van der Waals surface area contributed by atoms with Gasteiger partial charge in [-0.15, -0.1) is 5.10 Å². The number of aromatic hydroxyl groups is 2. The summed E-state index contributed by atoms with van der Waals surface area (Å²) in [5, 5.41) is 30.0. The lowest BCUT2D eigenvalue weighted by Crippen LogP contribution is -2.33. The molecule has 3 aromatic carbocycles. The second-order valence-electron chi connectivity index (χ2n) is 8.41. The fraction of sp³-hybridized carbons (Fsp3) is 0.179. The molecule has 0 bridgehead atoms. The summed E-state index contributed by atoms with van der Waals surface area (Å²) < 4.78 is 10.1. The molecule has 1 aliphatic heterocycles. The maximum Gasteiger partial charge on any atom is 0.338 e. The van der Waals surface area contributed by atoms with Crippen LogP contribution in [0.4, 0.5) is 11.4 Å². The number of phenolic OH excluding ortho intramolecular Hbond substituents is 2. The number of benzene rings is 3. The minimum Gasteiger partial charge on any atom is -0.508 e. The summed E-state index contributed by atoms with van der Waals surface area (Å²) in [5.74, 6) is -0.940. The van der Waals surface area contributed by atoms with Crippen LogP contribution in [0.1, 0.15) is 29.3 Å². The first-order chi connectivity index (χ1) is 19.3. The van der Waals surface area contributed by atoms with Gasteiger partial charge in [-0.2, -0.15) is 5.10 Å². The van der Waals surface area contributed by atoms with Gasteiger partial charge in [-0.1, -0.05) is 11.8 Å². The van der Waals surface area contributed by atoms with E-state index in [4.69, 9.17) is 9.47 Å². The van der Waals surface area contributed by atoms with Crippen molar-refractivity contribution in [1.29, 1.82) is 0 Å². The Balaban J connectivity index is 1.50. The minimum absolute atomic E-state index is 0.0162. The molecule has 1 aliphatic rings. The third-order valence-electron chi connectivity index (χ3n) is 5.65. The number of nitrogens with zero attached hydrogens (tertiary/aromatic N) is 3. The van der Waals surface area contributed by atoms with Crippen LogP contribution in [0, 0.1) is 0 Å². The summed E-state index contributed by atoms with van der Waals surface area (Å²) >= 11 is 1.09. The number of rotatable bonds is 9. The second-order valence-corrected chi connectivity index (χ2v) is 9.57. The van der Waals surface area contributed by atoms with Crippen LogP contribution in [0.5, 0.6) is 17.2 Å². The zero-order chi connectivity index (χ0) is 28.6. The van der Waals surface area contributed by atoms with Gasteiger partial charge in [0.15, 0.2) is 16.7 Å². The number of amidine groups is 1. The van der Waals surface area contributed by atoms with Crippen molar-refractivity contribution in [2.24, 2.45) is 10.2 Å². The topological polar surface area (TPSA) is 150 Å². The molecule has 0 spiro atoms. The van der Waals surface area contributed by atoms with Crippen LogP contribution < -0.4 is 15.0 Å². The highest BCUT2D eigenvalue weighted by molar-refractivity contribution is 8.16. The summed E-state index contributed by atoms with van der Waals surface area (Å²) in [4.78, 5) is 39.3. The van der Waals surface area contributed by atoms with E-state index in [0.29, 0.717) is 22.5 Å². The van der Waals surface area contributed by atoms with Gasteiger partial charge < -0.3 is 25.0 Å². The summed E-state index contributed by atoms with van der Waals surface area (Å²) in [5.41, 5.74) is 1.88. The van der Waals surface area contributed by atoms with Gasteiger partial charge in [0.25, 0.3) is 0 Å². The van der Waals surface area contributed by atoms with Crippen molar-refractivity contribution in [2.45, 2.75) is 18.6 Å². The molecule has 1 heterocycles. The Morgan fingerprint density at radius 2 is 1.80 bits per heavy atom. The summed E-state index contributed by atoms with van der Waals surface area (Å²) in [6.07, 6.45) is 1.30. The van der Waals surface area contributed by atoms with Crippen molar-refractivity contribution in [3.05, 3.63) is 77.9 Å². The van der Waals surface area contributed by atoms with Crippen molar-refractivity contribution in [3.8, 4) is 17.2 Å². The highest BCUT2D eigenvalue weighted by atomic mass is 32.2. The minimum atomic E-state index is -0.782. The van der Waals surface area contributed by atoms with E-state index in [9.17, 15) is 24.6 Å². The molecular weight excluding hydrogens is 536 g/mol. The maximum atomic E-state index is 13.4. The lowest BCUT2D eigenvalue weighted by atomic mass is 10.2. The van der Waals surface area contributed by atoms with Crippen LogP contribution in [-0.4, -0.2) is 58.3 Å². The predicted molar refractivity (Wildman–Crippen MR) is 152 cm³/mol. The molecule has 11 nitrogen and oxygen atoms in total. The van der Waals surface area contributed by atoms with E-state index in [2.05, 4.69) is 15.5 Å². The largest absolute Gasteiger partial charge is 0.508 e. The molecule has 1 atom stereocenters. The number of hydrogen-bond donors (Lipinski definition) is 3. The third kappa shape index (κ3) is 6.77. The van der Waals surface area contributed by atoms with E-state index in [1.54, 1.807) is 55.5 Å². The number of phenols is 2. The fourth-order valence-corrected chi connectivity index (χ4v) is 4.80. The summed E-state index contributed by atoms with van der Waals surface area (Å²) in [7, 11) is 1.43. The number of ether oxygens (including phenoxy) is 2. The molecule has 0 saturated carbocycles. The summed E-state index contributed by atoms with van der Waals surface area (Å²) in [6, 6.07) is 16.9. The Kier molecular flexibility index (Phi) is 9.02. The predicted octanol–water partition coefficient (Wildman–Crippen LogP) is 4.15. The van der Waals surface area contributed by atoms with Crippen LogP contribution in [-0.2, 0) is 14.3 Å². The molecule has 0 radical (unpaired) electrons. The van der Waals surface area contributed by atoms with Gasteiger partial charge in [0, 0.05) is 12.1 Å². The van der Waals surface area contributed by atoms with Gasteiger partial charge in [0.1, 0.15) is 11.0 Å². The Labute approximate surface area is 234 Å².